The molecule has 1 unspecified atom stereocenters. The van der Waals surface area contributed by atoms with Crippen LogP contribution in [0.3, 0.4) is 0 Å². The first-order valence-corrected chi connectivity index (χ1v) is 6.82. The molecule has 1 aromatic rings. The lowest BCUT2D eigenvalue weighted by Gasteiger charge is -2.26. The van der Waals surface area contributed by atoms with Crippen molar-refractivity contribution in [3.63, 3.8) is 0 Å². The Balaban J connectivity index is 2.06. The highest BCUT2D eigenvalue weighted by atomic mass is 79.9. The van der Waals surface area contributed by atoms with Crippen molar-refractivity contribution in [2.24, 2.45) is 5.73 Å². The van der Waals surface area contributed by atoms with Gasteiger partial charge in [-0.2, -0.15) is 0 Å². The second-order valence-corrected chi connectivity index (χ2v) is 5.75. The van der Waals surface area contributed by atoms with Crippen molar-refractivity contribution < 1.29 is 5.11 Å². The van der Waals surface area contributed by atoms with Gasteiger partial charge in [0.15, 0.2) is 0 Å². The van der Waals surface area contributed by atoms with Crippen LogP contribution < -0.4 is 10.6 Å². The summed E-state index contributed by atoms with van der Waals surface area (Å²) in [6.45, 7) is 2.01. The standard InChI is InChI=1S/C13H19BrN2O/c14-11-2-4-12(5-3-11)16-8-1-6-13(15,10-17)7-9-16/h2-5,17H,1,6-10,15H2. The van der Waals surface area contributed by atoms with Gasteiger partial charge in [-0.3, -0.25) is 0 Å². The number of nitrogens with zero attached hydrogens (tertiary/aromatic N) is 1. The molecular weight excluding hydrogens is 280 g/mol. The molecule has 1 atom stereocenters. The Hall–Kier alpha value is -0.580. The molecule has 1 aliphatic heterocycles. The van der Waals surface area contributed by atoms with E-state index < -0.39 is 0 Å². The maximum Gasteiger partial charge on any atom is 0.0611 e. The van der Waals surface area contributed by atoms with Crippen LogP contribution >= 0.6 is 15.9 Å². The molecule has 2 rings (SSSR count). The van der Waals surface area contributed by atoms with Gasteiger partial charge in [-0.05, 0) is 43.5 Å². The zero-order valence-electron chi connectivity index (χ0n) is 9.90. The second-order valence-electron chi connectivity index (χ2n) is 4.84. The van der Waals surface area contributed by atoms with Gasteiger partial charge >= 0.3 is 0 Å². The molecule has 0 radical (unpaired) electrons. The van der Waals surface area contributed by atoms with Crippen LogP contribution in [0.1, 0.15) is 19.3 Å². The zero-order valence-corrected chi connectivity index (χ0v) is 11.5. The predicted octanol–water partition coefficient (Wildman–Crippen LogP) is 2.13. The molecule has 0 amide bonds. The van der Waals surface area contributed by atoms with Crippen molar-refractivity contribution in [2.45, 2.75) is 24.8 Å². The van der Waals surface area contributed by atoms with E-state index in [0.717, 1.165) is 36.8 Å². The lowest BCUT2D eigenvalue weighted by Crippen LogP contribution is -2.44. The molecule has 1 aliphatic rings. The summed E-state index contributed by atoms with van der Waals surface area (Å²) < 4.78 is 1.10. The number of hydrogen-bond donors (Lipinski definition) is 2. The first-order chi connectivity index (χ1) is 8.13. The van der Waals surface area contributed by atoms with Gasteiger partial charge in [-0.15, -0.1) is 0 Å². The van der Waals surface area contributed by atoms with Gasteiger partial charge in [0.1, 0.15) is 0 Å². The first-order valence-electron chi connectivity index (χ1n) is 6.03. The van der Waals surface area contributed by atoms with Gasteiger partial charge in [-0.1, -0.05) is 15.9 Å². The zero-order chi connectivity index (χ0) is 12.3. The van der Waals surface area contributed by atoms with E-state index in [9.17, 15) is 5.11 Å². The Morgan fingerprint density at radius 1 is 1.24 bits per heavy atom. The van der Waals surface area contributed by atoms with E-state index in [1.165, 1.54) is 5.69 Å². The fourth-order valence-electron chi connectivity index (χ4n) is 2.28. The number of nitrogens with two attached hydrogens (primary N) is 1. The van der Waals surface area contributed by atoms with Gasteiger partial charge in [0.05, 0.1) is 6.61 Å². The summed E-state index contributed by atoms with van der Waals surface area (Å²) in [5.41, 5.74) is 6.99. The van der Waals surface area contributed by atoms with Crippen molar-refractivity contribution in [2.75, 3.05) is 24.6 Å². The highest BCUT2D eigenvalue weighted by Gasteiger charge is 2.27. The van der Waals surface area contributed by atoms with Crippen LogP contribution in [-0.2, 0) is 0 Å². The number of halogens is 1. The Kier molecular flexibility index (Phi) is 4.07. The molecular formula is C13H19BrN2O. The van der Waals surface area contributed by atoms with E-state index >= 15 is 0 Å². The minimum Gasteiger partial charge on any atom is -0.394 e. The molecule has 4 heteroatoms. The molecule has 0 aromatic heterocycles. The monoisotopic (exact) mass is 298 g/mol. The second kappa shape index (κ2) is 5.38. The normalized spacial score (nSPS) is 25.7. The largest absolute Gasteiger partial charge is 0.394 e. The van der Waals surface area contributed by atoms with E-state index in [4.69, 9.17) is 5.73 Å². The lowest BCUT2D eigenvalue weighted by molar-refractivity contribution is 0.183. The van der Waals surface area contributed by atoms with E-state index in [2.05, 4.69) is 45.1 Å². The maximum absolute atomic E-state index is 9.32. The third-order valence-electron chi connectivity index (χ3n) is 3.49. The average Bonchev–Trinajstić information content (AvgIpc) is 2.53. The van der Waals surface area contributed by atoms with Gasteiger partial charge in [0, 0.05) is 28.8 Å². The minimum absolute atomic E-state index is 0.0845. The Labute approximate surface area is 111 Å². The van der Waals surface area contributed by atoms with E-state index in [1.54, 1.807) is 0 Å². The summed E-state index contributed by atoms with van der Waals surface area (Å²) in [5, 5.41) is 9.32. The molecule has 17 heavy (non-hydrogen) atoms. The highest BCUT2D eigenvalue weighted by Crippen LogP contribution is 2.25. The Morgan fingerprint density at radius 2 is 1.94 bits per heavy atom. The van der Waals surface area contributed by atoms with Crippen molar-refractivity contribution in [1.29, 1.82) is 0 Å². The molecule has 0 spiro atoms. The Bertz CT molecular complexity index is 368. The summed E-state index contributed by atoms with van der Waals surface area (Å²) in [6.07, 6.45) is 2.78. The molecule has 1 aromatic carbocycles. The van der Waals surface area contributed by atoms with Crippen molar-refractivity contribution >= 4 is 21.6 Å². The number of benzene rings is 1. The van der Waals surface area contributed by atoms with Crippen LogP contribution in [0.2, 0.25) is 0 Å². The smallest absolute Gasteiger partial charge is 0.0611 e. The predicted molar refractivity (Wildman–Crippen MR) is 74.2 cm³/mol. The summed E-state index contributed by atoms with van der Waals surface area (Å²) in [4.78, 5) is 2.34. The summed E-state index contributed by atoms with van der Waals surface area (Å²) in [7, 11) is 0. The number of rotatable bonds is 2. The quantitative estimate of drug-likeness (QED) is 0.879. The first kappa shape index (κ1) is 12.9. The summed E-state index contributed by atoms with van der Waals surface area (Å²) in [6, 6.07) is 8.35. The van der Waals surface area contributed by atoms with Gasteiger partial charge in [-0.25, -0.2) is 0 Å². The Morgan fingerprint density at radius 3 is 2.59 bits per heavy atom. The average molecular weight is 299 g/mol. The fraction of sp³-hybridized carbons (Fsp3) is 0.538. The van der Waals surface area contributed by atoms with Crippen LogP contribution in [0.25, 0.3) is 0 Å². The number of aliphatic hydroxyl groups excluding tert-OH is 1. The van der Waals surface area contributed by atoms with Gasteiger partial charge in [0.2, 0.25) is 0 Å². The van der Waals surface area contributed by atoms with Gasteiger partial charge < -0.3 is 15.7 Å². The number of hydrogen-bond acceptors (Lipinski definition) is 3. The van der Waals surface area contributed by atoms with Gasteiger partial charge in [0.25, 0.3) is 0 Å². The molecule has 1 fully saturated rings. The third-order valence-corrected chi connectivity index (χ3v) is 4.02. The van der Waals surface area contributed by atoms with Crippen LogP contribution in [-0.4, -0.2) is 30.3 Å². The molecule has 3 nitrogen and oxygen atoms in total. The molecule has 3 N–H and O–H groups in total. The van der Waals surface area contributed by atoms with Crippen molar-refractivity contribution in [3.8, 4) is 0 Å². The lowest BCUT2D eigenvalue weighted by atomic mass is 9.93. The third kappa shape index (κ3) is 3.21. The van der Waals surface area contributed by atoms with Crippen LogP contribution in [0.5, 0.6) is 0 Å². The highest BCUT2D eigenvalue weighted by molar-refractivity contribution is 9.10. The number of anilines is 1. The van der Waals surface area contributed by atoms with Crippen molar-refractivity contribution in [1.82, 2.24) is 0 Å². The molecule has 0 saturated carbocycles. The molecule has 1 heterocycles. The van der Waals surface area contributed by atoms with E-state index in [0.29, 0.717) is 0 Å². The summed E-state index contributed by atoms with van der Waals surface area (Å²) in [5.74, 6) is 0. The van der Waals surface area contributed by atoms with E-state index in [-0.39, 0.29) is 12.1 Å². The van der Waals surface area contributed by atoms with Crippen LogP contribution in [0.15, 0.2) is 28.7 Å². The van der Waals surface area contributed by atoms with E-state index in [1.807, 2.05) is 0 Å². The fourth-order valence-corrected chi connectivity index (χ4v) is 2.55. The molecule has 1 saturated heterocycles. The maximum atomic E-state index is 9.32. The van der Waals surface area contributed by atoms with Crippen LogP contribution in [0.4, 0.5) is 5.69 Å². The minimum atomic E-state index is -0.385. The molecule has 94 valence electrons. The SMILES string of the molecule is NC1(CO)CCCN(c2ccc(Br)cc2)CC1. The summed E-state index contributed by atoms with van der Waals surface area (Å²) >= 11 is 3.44. The molecule has 0 bridgehead atoms. The topological polar surface area (TPSA) is 49.5 Å². The van der Waals surface area contributed by atoms with Crippen LogP contribution in [0, 0.1) is 0 Å². The number of aliphatic hydroxyl groups is 1. The molecule has 0 aliphatic carbocycles. The van der Waals surface area contributed by atoms with Crippen molar-refractivity contribution in [3.05, 3.63) is 28.7 Å².